The Morgan fingerprint density at radius 1 is 1.21 bits per heavy atom. The van der Waals surface area contributed by atoms with Crippen molar-refractivity contribution in [3.63, 3.8) is 0 Å². The fourth-order valence-electron chi connectivity index (χ4n) is 2.77. The summed E-state index contributed by atoms with van der Waals surface area (Å²) in [4.78, 5) is 0. The highest BCUT2D eigenvalue weighted by molar-refractivity contribution is 7.99. The number of aryl methyl sites for hydroxylation is 1. The van der Waals surface area contributed by atoms with E-state index in [1.54, 1.807) is 0 Å². The highest BCUT2D eigenvalue weighted by Crippen LogP contribution is 2.28. The predicted molar refractivity (Wildman–Crippen MR) is 87.0 cm³/mol. The van der Waals surface area contributed by atoms with Crippen LogP contribution in [0.5, 0.6) is 0 Å². The topological polar surface area (TPSA) is 12.0 Å². The van der Waals surface area contributed by atoms with Crippen LogP contribution in [0.3, 0.4) is 0 Å². The maximum atomic E-state index is 3.78. The van der Waals surface area contributed by atoms with Gasteiger partial charge in [-0.05, 0) is 60.8 Å². The fourth-order valence-corrected chi connectivity index (χ4v) is 4.11. The smallest absolute Gasteiger partial charge is 0.0144 e. The quantitative estimate of drug-likeness (QED) is 0.811. The van der Waals surface area contributed by atoms with Gasteiger partial charge in [-0.25, -0.2) is 0 Å². The molecule has 1 aliphatic rings. The third-order valence-corrected chi connectivity index (χ3v) is 5.27. The van der Waals surface area contributed by atoms with Gasteiger partial charge in [-0.2, -0.15) is 11.8 Å². The second-order valence-electron chi connectivity index (χ2n) is 5.56. The lowest BCUT2D eigenvalue weighted by Crippen LogP contribution is -2.38. The molecule has 0 aliphatic carbocycles. The molecule has 106 valence electrons. The summed E-state index contributed by atoms with van der Waals surface area (Å²) in [6.07, 6.45) is 4.94. The van der Waals surface area contributed by atoms with Crippen molar-refractivity contribution in [3.05, 3.63) is 35.4 Å². The fraction of sp³-hybridized carbons (Fsp3) is 0.647. The molecule has 1 N–H and O–H groups in total. The standard InChI is InChI=1S/C17H27NS/c1-3-10-18-17(16-9-11-19-13-16)12-15-7-5-14(4-2)6-8-15/h5-8,16-18H,3-4,9-13H2,1-2H3. The molecule has 0 aromatic heterocycles. The lowest BCUT2D eigenvalue weighted by molar-refractivity contribution is 0.380. The summed E-state index contributed by atoms with van der Waals surface area (Å²) in [5.41, 5.74) is 2.93. The Balaban J connectivity index is 1.96. The van der Waals surface area contributed by atoms with Gasteiger partial charge in [-0.3, -0.25) is 0 Å². The molecule has 1 aliphatic heterocycles. The van der Waals surface area contributed by atoms with Gasteiger partial charge in [-0.15, -0.1) is 0 Å². The van der Waals surface area contributed by atoms with E-state index in [0.717, 1.165) is 18.9 Å². The van der Waals surface area contributed by atoms with E-state index >= 15 is 0 Å². The van der Waals surface area contributed by atoms with E-state index in [2.05, 4.69) is 55.2 Å². The number of rotatable bonds is 7. The molecule has 0 amide bonds. The molecule has 1 saturated heterocycles. The molecule has 1 heterocycles. The van der Waals surface area contributed by atoms with Crippen LogP contribution < -0.4 is 5.32 Å². The van der Waals surface area contributed by atoms with Crippen molar-refractivity contribution in [2.45, 2.75) is 45.6 Å². The summed E-state index contributed by atoms with van der Waals surface area (Å²) in [5, 5.41) is 3.78. The monoisotopic (exact) mass is 277 g/mol. The molecular formula is C17H27NS. The van der Waals surface area contributed by atoms with E-state index in [1.807, 2.05) is 0 Å². The Labute approximate surface area is 122 Å². The van der Waals surface area contributed by atoms with Gasteiger partial charge in [0.25, 0.3) is 0 Å². The van der Waals surface area contributed by atoms with Crippen LogP contribution in [0.1, 0.15) is 37.8 Å². The molecule has 2 unspecified atom stereocenters. The highest BCUT2D eigenvalue weighted by atomic mass is 32.2. The first-order chi connectivity index (χ1) is 9.33. The molecule has 1 nitrogen and oxygen atoms in total. The van der Waals surface area contributed by atoms with Gasteiger partial charge in [0.1, 0.15) is 0 Å². The third-order valence-electron chi connectivity index (χ3n) is 4.08. The molecule has 1 aromatic carbocycles. The minimum Gasteiger partial charge on any atom is -0.313 e. The summed E-state index contributed by atoms with van der Waals surface area (Å²) in [5.74, 6) is 3.56. The molecule has 2 atom stereocenters. The normalized spacial score (nSPS) is 20.6. The van der Waals surface area contributed by atoms with Gasteiger partial charge in [0.2, 0.25) is 0 Å². The summed E-state index contributed by atoms with van der Waals surface area (Å²) < 4.78 is 0. The van der Waals surface area contributed by atoms with Gasteiger partial charge in [-0.1, -0.05) is 38.1 Å². The third kappa shape index (κ3) is 4.54. The van der Waals surface area contributed by atoms with Crippen molar-refractivity contribution in [2.24, 2.45) is 5.92 Å². The molecular weight excluding hydrogens is 250 g/mol. The van der Waals surface area contributed by atoms with E-state index in [1.165, 1.54) is 41.9 Å². The minimum absolute atomic E-state index is 0.669. The molecule has 2 rings (SSSR count). The molecule has 0 radical (unpaired) electrons. The zero-order valence-electron chi connectivity index (χ0n) is 12.3. The van der Waals surface area contributed by atoms with Crippen LogP contribution in [-0.4, -0.2) is 24.1 Å². The van der Waals surface area contributed by atoms with E-state index in [9.17, 15) is 0 Å². The molecule has 1 fully saturated rings. The largest absolute Gasteiger partial charge is 0.313 e. The molecule has 1 aromatic rings. The Kier molecular flexibility index (Phi) is 6.25. The SMILES string of the molecule is CCCNC(Cc1ccc(CC)cc1)C1CCSC1. The Morgan fingerprint density at radius 2 is 1.95 bits per heavy atom. The molecule has 2 heteroatoms. The van der Waals surface area contributed by atoms with Gasteiger partial charge in [0.15, 0.2) is 0 Å². The zero-order chi connectivity index (χ0) is 13.5. The van der Waals surface area contributed by atoms with Crippen LogP contribution in [0.2, 0.25) is 0 Å². The van der Waals surface area contributed by atoms with E-state index in [-0.39, 0.29) is 0 Å². The van der Waals surface area contributed by atoms with Crippen LogP contribution in [0.25, 0.3) is 0 Å². The number of nitrogens with one attached hydrogen (secondary N) is 1. The van der Waals surface area contributed by atoms with Crippen LogP contribution in [0.4, 0.5) is 0 Å². The Hall–Kier alpha value is -0.470. The van der Waals surface area contributed by atoms with Crippen molar-refractivity contribution in [1.82, 2.24) is 5.32 Å². The van der Waals surface area contributed by atoms with Crippen molar-refractivity contribution in [3.8, 4) is 0 Å². The summed E-state index contributed by atoms with van der Waals surface area (Å²) in [6, 6.07) is 9.89. The van der Waals surface area contributed by atoms with Crippen LogP contribution in [-0.2, 0) is 12.8 Å². The number of benzene rings is 1. The average molecular weight is 277 g/mol. The predicted octanol–water partition coefficient (Wildman–Crippen LogP) is 3.91. The van der Waals surface area contributed by atoms with E-state index in [0.29, 0.717) is 6.04 Å². The van der Waals surface area contributed by atoms with Crippen LogP contribution in [0.15, 0.2) is 24.3 Å². The van der Waals surface area contributed by atoms with Crippen molar-refractivity contribution in [2.75, 3.05) is 18.1 Å². The van der Waals surface area contributed by atoms with Gasteiger partial charge in [0.05, 0.1) is 0 Å². The molecule has 0 spiro atoms. The van der Waals surface area contributed by atoms with Crippen molar-refractivity contribution >= 4 is 11.8 Å². The lowest BCUT2D eigenvalue weighted by atomic mass is 9.92. The maximum absolute atomic E-state index is 3.78. The van der Waals surface area contributed by atoms with Gasteiger partial charge < -0.3 is 5.32 Å². The Morgan fingerprint density at radius 3 is 2.53 bits per heavy atom. The molecule has 19 heavy (non-hydrogen) atoms. The first-order valence-corrected chi connectivity index (χ1v) is 8.88. The minimum atomic E-state index is 0.669. The van der Waals surface area contributed by atoms with E-state index in [4.69, 9.17) is 0 Å². The second kappa shape index (κ2) is 7.96. The van der Waals surface area contributed by atoms with Gasteiger partial charge in [0, 0.05) is 6.04 Å². The summed E-state index contributed by atoms with van der Waals surface area (Å²) >= 11 is 2.12. The Bertz CT molecular complexity index is 354. The van der Waals surface area contributed by atoms with Crippen molar-refractivity contribution < 1.29 is 0 Å². The van der Waals surface area contributed by atoms with Crippen molar-refractivity contribution in [1.29, 1.82) is 0 Å². The number of hydrogen-bond donors (Lipinski definition) is 1. The van der Waals surface area contributed by atoms with Crippen LogP contribution >= 0.6 is 11.8 Å². The summed E-state index contributed by atoms with van der Waals surface area (Å²) in [6.45, 7) is 5.62. The molecule has 0 bridgehead atoms. The summed E-state index contributed by atoms with van der Waals surface area (Å²) in [7, 11) is 0. The lowest BCUT2D eigenvalue weighted by Gasteiger charge is -2.24. The second-order valence-corrected chi connectivity index (χ2v) is 6.71. The highest BCUT2D eigenvalue weighted by Gasteiger charge is 2.24. The van der Waals surface area contributed by atoms with Crippen LogP contribution in [0, 0.1) is 5.92 Å². The van der Waals surface area contributed by atoms with E-state index < -0.39 is 0 Å². The number of thioether (sulfide) groups is 1. The van der Waals surface area contributed by atoms with Gasteiger partial charge >= 0.3 is 0 Å². The average Bonchev–Trinajstić information content (AvgIpc) is 2.98. The first kappa shape index (κ1) is 14.9. The number of hydrogen-bond acceptors (Lipinski definition) is 2. The molecule has 0 saturated carbocycles. The zero-order valence-corrected chi connectivity index (χ0v) is 13.1. The maximum Gasteiger partial charge on any atom is 0.0144 e. The first-order valence-electron chi connectivity index (χ1n) is 7.72.